The van der Waals surface area contributed by atoms with Gasteiger partial charge in [-0.2, -0.15) is 0 Å². The molecule has 1 aromatic rings. The van der Waals surface area contributed by atoms with Crippen LogP contribution in [0.2, 0.25) is 0 Å². The number of nitrogens with one attached hydrogen (secondary N) is 1. The van der Waals surface area contributed by atoms with Crippen LogP contribution in [0.3, 0.4) is 0 Å². The average molecular weight is 212 g/mol. The second-order valence-corrected chi connectivity index (χ2v) is 3.26. The molecular formula is C10H16N2O3. The summed E-state index contributed by atoms with van der Waals surface area (Å²) in [6, 6.07) is 0. The van der Waals surface area contributed by atoms with Gasteiger partial charge in [-0.1, -0.05) is 0 Å². The SMILES string of the molecule is COCCNC(=O)Cc1oc(C)nc1C. The van der Waals surface area contributed by atoms with E-state index in [-0.39, 0.29) is 12.3 Å². The Hall–Kier alpha value is -1.36. The number of methoxy groups -OCH3 is 1. The van der Waals surface area contributed by atoms with Crippen LogP contribution < -0.4 is 5.32 Å². The summed E-state index contributed by atoms with van der Waals surface area (Å²) in [5.41, 5.74) is 0.773. The number of amides is 1. The van der Waals surface area contributed by atoms with E-state index in [0.717, 1.165) is 5.69 Å². The molecule has 0 unspecified atom stereocenters. The molecule has 1 N–H and O–H groups in total. The van der Waals surface area contributed by atoms with E-state index < -0.39 is 0 Å². The van der Waals surface area contributed by atoms with E-state index in [0.29, 0.717) is 24.8 Å². The van der Waals surface area contributed by atoms with Gasteiger partial charge >= 0.3 is 0 Å². The minimum atomic E-state index is -0.0775. The molecule has 0 bridgehead atoms. The van der Waals surface area contributed by atoms with Crippen LogP contribution in [0.1, 0.15) is 17.3 Å². The van der Waals surface area contributed by atoms with Crippen LogP contribution in [-0.4, -0.2) is 31.2 Å². The molecule has 5 heteroatoms. The molecule has 15 heavy (non-hydrogen) atoms. The fraction of sp³-hybridized carbons (Fsp3) is 0.600. The molecule has 0 fully saturated rings. The zero-order chi connectivity index (χ0) is 11.3. The van der Waals surface area contributed by atoms with Gasteiger partial charge in [0, 0.05) is 20.6 Å². The van der Waals surface area contributed by atoms with Crippen molar-refractivity contribution < 1.29 is 13.9 Å². The van der Waals surface area contributed by atoms with Crippen molar-refractivity contribution >= 4 is 5.91 Å². The van der Waals surface area contributed by atoms with E-state index in [2.05, 4.69) is 10.3 Å². The molecule has 0 saturated carbocycles. The zero-order valence-electron chi connectivity index (χ0n) is 9.29. The molecule has 0 atom stereocenters. The molecule has 0 aliphatic heterocycles. The summed E-state index contributed by atoms with van der Waals surface area (Å²) in [6.07, 6.45) is 0.233. The molecule has 84 valence electrons. The quantitative estimate of drug-likeness (QED) is 0.726. The first kappa shape index (κ1) is 11.7. The number of hydrogen-bond acceptors (Lipinski definition) is 4. The number of oxazole rings is 1. The molecule has 0 aliphatic rings. The second-order valence-electron chi connectivity index (χ2n) is 3.26. The number of rotatable bonds is 5. The van der Waals surface area contributed by atoms with E-state index in [1.54, 1.807) is 14.0 Å². The molecule has 1 heterocycles. The molecule has 5 nitrogen and oxygen atoms in total. The lowest BCUT2D eigenvalue weighted by molar-refractivity contribution is -0.120. The highest BCUT2D eigenvalue weighted by atomic mass is 16.5. The van der Waals surface area contributed by atoms with Gasteiger partial charge in [-0.25, -0.2) is 4.98 Å². The van der Waals surface area contributed by atoms with Crippen LogP contribution in [0, 0.1) is 13.8 Å². The minimum absolute atomic E-state index is 0.0775. The van der Waals surface area contributed by atoms with E-state index in [1.165, 1.54) is 0 Å². The summed E-state index contributed by atoms with van der Waals surface area (Å²) in [4.78, 5) is 15.5. The molecule has 0 radical (unpaired) electrons. The molecule has 0 spiro atoms. The third-order valence-electron chi connectivity index (χ3n) is 1.95. The number of nitrogens with zero attached hydrogens (tertiary/aromatic N) is 1. The summed E-state index contributed by atoms with van der Waals surface area (Å²) >= 11 is 0. The van der Waals surface area contributed by atoms with Crippen molar-refractivity contribution in [3.63, 3.8) is 0 Å². The Morgan fingerprint density at radius 1 is 1.53 bits per heavy atom. The lowest BCUT2D eigenvalue weighted by Gasteiger charge is -2.02. The van der Waals surface area contributed by atoms with Gasteiger partial charge in [0.25, 0.3) is 0 Å². The minimum Gasteiger partial charge on any atom is -0.445 e. The summed E-state index contributed by atoms with van der Waals surface area (Å²) in [7, 11) is 1.59. The topological polar surface area (TPSA) is 64.4 Å². The summed E-state index contributed by atoms with van der Waals surface area (Å²) in [5.74, 6) is 1.14. The molecule has 1 amide bonds. The van der Waals surface area contributed by atoms with E-state index in [4.69, 9.17) is 9.15 Å². The van der Waals surface area contributed by atoms with E-state index >= 15 is 0 Å². The van der Waals surface area contributed by atoms with Gasteiger partial charge in [0.2, 0.25) is 5.91 Å². The Morgan fingerprint density at radius 3 is 2.80 bits per heavy atom. The fourth-order valence-corrected chi connectivity index (χ4v) is 1.24. The Labute approximate surface area is 88.8 Å². The van der Waals surface area contributed by atoms with Gasteiger partial charge in [-0.15, -0.1) is 0 Å². The van der Waals surface area contributed by atoms with Crippen molar-refractivity contribution in [1.82, 2.24) is 10.3 Å². The molecule has 1 aromatic heterocycles. The zero-order valence-corrected chi connectivity index (χ0v) is 9.29. The van der Waals surface area contributed by atoms with Crippen LogP contribution in [0.25, 0.3) is 0 Å². The maximum atomic E-state index is 11.4. The number of hydrogen-bond donors (Lipinski definition) is 1. The Bertz CT molecular complexity index is 333. The van der Waals surface area contributed by atoms with Crippen molar-refractivity contribution in [2.75, 3.05) is 20.3 Å². The maximum Gasteiger partial charge on any atom is 0.227 e. The van der Waals surface area contributed by atoms with E-state index in [1.807, 2.05) is 6.92 Å². The third kappa shape index (κ3) is 3.71. The molecule has 0 saturated heterocycles. The Morgan fingerprint density at radius 2 is 2.27 bits per heavy atom. The van der Waals surface area contributed by atoms with Crippen LogP contribution in [-0.2, 0) is 16.0 Å². The summed E-state index contributed by atoms with van der Waals surface area (Å²) in [6.45, 7) is 4.62. The van der Waals surface area contributed by atoms with Crippen LogP contribution in [0.15, 0.2) is 4.42 Å². The van der Waals surface area contributed by atoms with E-state index in [9.17, 15) is 4.79 Å². The lowest BCUT2D eigenvalue weighted by atomic mass is 10.2. The van der Waals surface area contributed by atoms with Crippen LogP contribution in [0.4, 0.5) is 0 Å². The van der Waals surface area contributed by atoms with Crippen molar-refractivity contribution in [2.24, 2.45) is 0 Å². The molecule has 0 aromatic carbocycles. The predicted molar refractivity (Wildman–Crippen MR) is 54.6 cm³/mol. The van der Waals surface area contributed by atoms with Gasteiger partial charge < -0.3 is 14.5 Å². The number of aryl methyl sites for hydroxylation is 2. The van der Waals surface area contributed by atoms with Crippen molar-refractivity contribution in [3.8, 4) is 0 Å². The third-order valence-corrected chi connectivity index (χ3v) is 1.95. The Balaban J connectivity index is 2.41. The molecule has 0 aliphatic carbocycles. The largest absolute Gasteiger partial charge is 0.445 e. The first-order chi connectivity index (χ1) is 7.13. The van der Waals surface area contributed by atoms with Gasteiger partial charge in [-0.3, -0.25) is 4.79 Å². The predicted octanol–water partition coefficient (Wildman–Crippen LogP) is 0.597. The maximum absolute atomic E-state index is 11.4. The Kier molecular flexibility index (Phi) is 4.30. The number of aromatic nitrogens is 1. The highest BCUT2D eigenvalue weighted by molar-refractivity contribution is 5.78. The van der Waals surface area contributed by atoms with Gasteiger partial charge in [0.05, 0.1) is 18.7 Å². The first-order valence-electron chi connectivity index (χ1n) is 4.82. The number of ether oxygens (including phenoxy) is 1. The average Bonchev–Trinajstić information content (AvgIpc) is 2.45. The van der Waals surface area contributed by atoms with Crippen LogP contribution in [0.5, 0.6) is 0 Å². The summed E-state index contributed by atoms with van der Waals surface area (Å²) in [5, 5.41) is 2.72. The van der Waals surface area contributed by atoms with Crippen LogP contribution >= 0.6 is 0 Å². The van der Waals surface area contributed by atoms with Gasteiger partial charge in [-0.05, 0) is 6.92 Å². The normalized spacial score (nSPS) is 10.3. The highest BCUT2D eigenvalue weighted by Crippen LogP contribution is 2.09. The summed E-state index contributed by atoms with van der Waals surface area (Å²) < 4.78 is 10.1. The smallest absolute Gasteiger partial charge is 0.227 e. The van der Waals surface area contributed by atoms with Crippen molar-refractivity contribution in [1.29, 1.82) is 0 Å². The monoisotopic (exact) mass is 212 g/mol. The van der Waals surface area contributed by atoms with Crippen molar-refractivity contribution in [2.45, 2.75) is 20.3 Å². The first-order valence-corrected chi connectivity index (χ1v) is 4.82. The standard InChI is InChI=1S/C10H16N2O3/c1-7-9(15-8(2)12-7)6-10(13)11-4-5-14-3/h4-6H2,1-3H3,(H,11,13). The fourth-order valence-electron chi connectivity index (χ4n) is 1.24. The number of carbonyl (C=O) groups is 1. The van der Waals surface area contributed by atoms with Gasteiger partial charge in [0.15, 0.2) is 5.89 Å². The molecule has 1 rings (SSSR count). The van der Waals surface area contributed by atoms with Crippen molar-refractivity contribution in [3.05, 3.63) is 17.3 Å². The lowest BCUT2D eigenvalue weighted by Crippen LogP contribution is -2.28. The molecular weight excluding hydrogens is 196 g/mol. The number of carbonyl (C=O) groups excluding carboxylic acids is 1. The second kappa shape index (κ2) is 5.50. The van der Waals surface area contributed by atoms with Gasteiger partial charge in [0.1, 0.15) is 5.76 Å². The highest BCUT2D eigenvalue weighted by Gasteiger charge is 2.11.